The van der Waals surface area contributed by atoms with Gasteiger partial charge in [-0.1, -0.05) is 0 Å². The number of rotatable bonds is 1. The summed E-state index contributed by atoms with van der Waals surface area (Å²) < 4.78 is 1.96. The molecule has 0 aliphatic heterocycles. The lowest BCUT2D eigenvalue weighted by Crippen LogP contribution is -1.81. The summed E-state index contributed by atoms with van der Waals surface area (Å²) in [4.78, 5) is 4.75. The van der Waals surface area contributed by atoms with Gasteiger partial charge >= 0.3 is 0 Å². The van der Waals surface area contributed by atoms with Crippen LogP contribution in [-0.2, 0) is 12.8 Å². The van der Waals surface area contributed by atoms with Crippen LogP contribution in [0.3, 0.4) is 0 Å². The van der Waals surface area contributed by atoms with Gasteiger partial charge in [-0.2, -0.15) is 0 Å². The Morgan fingerprint density at radius 1 is 1.10 bits per heavy atom. The molecule has 0 bridgehead atoms. The van der Waals surface area contributed by atoms with Crippen molar-refractivity contribution in [1.82, 2.24) is 4.98 Å². The molecule has 0 unspecified atom stereocenters. The van der Waals surface area contributed by atoms with Crippen molar-refractivity contribution < 1.29 is 5.11 Å². The number of aryl methyl sites for hydroxylation is 2. The van der Waals surface area contributed by atoms with Gasteiger partial charge in [0.2, 0.25) is 0 Å². The number of halogens is 1. The minimum Gasteiger partial charge on any atom is -0.507 e. The van der Waals surface area contributed by atoms with Gasteiger partial charge in [0.1, 0.15) is 10.8 Å². The van der Waals surface area contributed by atoms with E-state index in [0.717, 1.165) is 16.1 Å². The highest BCUT2D eigenvalue weighted by atomic mass is 79.9. The van der Waals surface area contributed by atoms with Gasteiger partial charge in [-0.15, -0.1) is 11.3 Å². The molecule has 1 N–H and O–H groups in total. The number of hydrogen-bond acceptors (Lipinski definition) is 3. The predicted octanol–water partition coefficient (Wildman–Crippen LogP) is 4.92. The summed E-state index contributed by atoms with van der Waals surface area (Å²) in [6, 6.07) is 10.1. The van der Waals surface area contributed by atoms with Gasteiger partial charge in [0.05, 0.1) is 14.7 Å². The van der Waals surface area contributed by atoms with Crippen molar-refractivity contribution in [3.8, 4) is 16.3 Å². The van der Waals surface area contributed by atoms with Crippen molar-refractivity contribution in [1.29, 1.82) is 0 Å². The van der Waals surface area contributed by atoms with E-state index in [-0.39, 0.29) is 5.75 Å². The van der Waals surface area contributed by atoms with Crippen LogP contribution < -0.4 is 0 Å². The van der Waals surface area contributed by atoms with E-state index in [1.807, 2.05) is 12.1 Å². The number of aromatic nitrogens is 1. The Labute approximate surface area is 129 Å². The maximum Gasteiger partial charge on any atom is 0.129 e. The lowest BCUT2D eigenvalue weighted by Gasteiger charge is -1.99. The minimum absolute atomic E-state index is 0.258. The van der Waals surface area contributed by atoms with Crippen LogP contribution >= 0.6 is 27.3 Å². The zero-order chi connectivity index (χ0) is 13.7. The van der Waals surface area contributed by atoms with Gasteiger partial charge in [0.15, 0.2) is 0 Å². The Hall–Kier alpha value is -1.39. The first-order valence-corrected chi connectivity index (χ1v) is 8.23. The molecule has 1 aromatic heterocycles. The zero-order valence-electron chi connectivity index (χ0n) is 10.7. The zero-order valence-corrected chi connectivity index (χ0v) is 13.1. The molecule has 4 heteroatoms. The first-order valence-electron chi connectivity index (χ1n) is 6.62. The molecular formula is C16H12BrNOS. The highest BCUT2D eigenvalue weighted by molar-refractivity contribution is 9.10. The number of phenols is 1. The Balaban J connectivity index is 1.86. The lowest BCUT2D eigenvalue weighted by molar-refractivity contribution is 0.472. The Morgan fingerprint density at radius 2 is 1.90 bits per heavy atom. The van der Waals surface area contributed by atoms with Gasteiger partial charge in [-0.3, -0.25) is 0 Å². The first-order chi connectivity index (χ1) is 9.70. The SMILES string of the molecule is Oc1ccc(-c2nc3cc4c(cc3s2)CCC4)cc1Br. The Morgan fingerprint density at radius 3 is 2.70 bits per heavy atom. The number of phenolic OH excluding ortho intramolecular Hbond substituents is 1. The molecule has 0 spiro atoms. The second kappa shape index (κ2) is 4.57. The van der Waals surface area contributed by atoms with Gasteiger partial charge in [0.25, 0.3) is 0 Å². The summed E-state index contributed by atoms with van der Waals surface area (Å²) in [7, 11) is 0. The molecule has 0 radical (unpaired) electrons. The fourth-order valence-corrected chi connectivity index (χ4v) is 4.14. The minimum atomic E-state index is 0.258. The molecule has 0 saturated heterocycles. The third-order valence-corrected chi connectivity index (χ3v) is 5.50. The molecular weight excluding hydrogens is 334 g/mol. The molecule has 0 amide bonds. The summed E-state index contributed by atoms with van der Waals surface area (Å²) in [5.74, 6) is 0.258. The number of fused-ring (bicyclic) bond motifs is 2. The third kappa shape index (κ3) is 1.95. The van der Waals surface area contributed by atoms with Crippen LogP contribution in [0.2, 0.25) is 0 Å². The highest BCUT2D eigenvalue weighted by Gasteiger charge is 2.15. The molecule has 1 heterocycles. The fraction of sp³-hybridized carbons (Fsp3) is 0.188. The van der Waals surface area contributed by atoms with E-state index in [1.165, 1.54) is 35.1 Å². The number of benzene rings is 2. The van der Waals surface area contributed by atoms with Crippen LogP contribution in [0, 0.1) is 0 Å². The monoisotopic (exact) mass is 345 g/mol. The van der Waals surface area contributed by atoms with Crippen molar-refractivity contribution in [3.63, 3.8) is 0 Å². The highest BCUT2D eigenvalue weighted by Crippen LogP contribution is 2.36. The van der Waals surface area contributed by atoms with Crippen LogP contribution in [0.5, 0.6) is 5.75 Å². The summed E-state index contributed by atoms with van der Waals surface area (Å²) in [5.41, 5.74) is 5.08. The first kappa shape index (κ1) is 12.4. The lowest BCUT2D eigenvalue weighted by atomic mass is 10.1. The van der Waals surface area contributed by atoms with E-state index in [0.29, 0.717) is 4.47 Å². The molecule has 4 rings (SSSR count). The van der Waals surface area contributed by atoms with Crippen molar-refractivity contribution in [3.05, 3.63) is 45.9 Å². The van der Waals surface area contributed by atoms with E-state index < -0.39 is 0 Å². The molecule has 1 aliphatic rings. The van der Waals surface area contributed by atoms with Gasteiger partial charge < -0.3 is 5.11 Å². The second-order valence-electron chi connectivity index (χ2n) is 5.13. The van der Waals surface area contributed by atoms with Crippen LogP contribution in [0.25, 0.3) is 20.8 Å². The second-order valence-corrected chi connectivity index (χ2v) is 7.01. The third-order valence-electron chi connectivity index (χ3n) is 3.80. The molecule has 3 aromatic rings. The number of aromatic hydroxyl groups is 1. The van der Waals surface area contributed by atoms with E-state index in [4.69, 9.17) is 4.98 Å². The van der Waals surface area contributed by atoms with Crippen LogP contribution in [0.4, 0.5) is 0 Å². The number of hydrogen-bond donors (Lipinski definition) is 1. The van der Waals surface area contributed by atoms with E-state index in [2.05, 4.69) is 28.1 Å². The largest absolute Gasteiger partial charge is 0.507 e. The summed E-state index contributed by atoms with van der Waals surface area (Å²) >= 11 is 5.07. The average Bonchev–Trinajstić information content (AvgIpc) is 3.04. The number of nitrogens with zero attached hydrogens (tertiary/aromatic N) is 1. The van der Waals surface area contributed by atoms with Crippen molar-refractivity contribution in [2.24, 2.45) is 0 Å². The van der Waals surface area contributed by atoms with E-state index in [9.17, 15) is 5.11 Å². The predicted molar refractivity (Wildman–Crippen MR) is 86.4 cm³/mol. The molecule has 2 aromatic carbocycles. The molecule has 0 atom stereocenters. The maximum atomic E-state index is 9.58. The summed E-state index contributed by atoms with van der Waals surface area (Å²) in [6.07, 6.45) is 3.65. The average molecular weight is 346 g/mol. The van der Waals surface area contributed by atoms with Crippen molar-refractivity contribution >= 4 is 37.5 Å². The van der Waals surface area contributed by atoms with Crippen molar-refractivity contribution in [2.75, 3.05) is 0 Å². The number of thiazole rings is 1. The normalized spacial score (nSPS) is 13.8. The van der Waals surface area contributed by atoms with Crippen LogP contribution in [0.15, 0.2) is 34.8 Å². The van der Waals surface area contributed by atoms with E-state index in [1.54, 1.807) is 17.4 Å². The summed E-state index contributed by atoms with van der Waals surface area (Å²) in [5, 5.41) is 10.6. The fourth-order valence-electron chi connectivity index (χ4n) is 2.76. The molecule has 0 fully saturated rings. The smallest absolute Gasteiger partial charge is 0.129 e. The molecule has 1 aliphatic carbocycles. The van der Waals surface area contributed by atoms with E-state index >= 15 is 0 Å². The summed E-state index contributed by atoms with van der Waals surface area (Å²) in [6.45, 7) is 0. The molecule has 20 heavy (non-hydrogen) atoms. The quantitative estimate of drug-likeness (QED) is 0.678. The molecule has 0 saturated carbocycles. The topological polar surface area (TPSA) is 33.1 Å². The van der Waals surface area contributed by atoms with Gasteiger partial charge in [0, 0.05) is 5.56 Å². The van der Waals surface area contributed by atoms with Gasteiger partial charge in [-0.25, -0.2) is 4.98 Å². The van der Waals surface area contributed by atoms with Crippen LogP contribution in [0.1, 0.15) is 17.5 Å². The molecule has 2 nitrogen and oxygen atoms in total. The Bertz CT molecular complexity index is 784. The Kier molecular flexibility index (Phi) is 2.82. The maximum absolute atomic E-state index is 9.58. The standard InChI is InChI=1S/C16H12BrNOS/c17-12-6-11(4-5-14(12)19)16-18-13-7-9-2-1-3-10(9)8-15(13)20-16/h4-8,19H,1-3H2. The van der Waals surface area contributed by atoms with Crippen molar-refractivity contribution in [2.45, 2.75) is 19.3 Å². The molecule has 100 valence electrons. The van der Waals surface area contributed by atoms with Gasteiger partial charge in [-0.05, 0) is 76.7 Å². The van der Waals surface area contributed by atoms with Crippen LogP contribution in [-0.4, -0.2) is 10.1 Å².